The smallest absolute Gasteiger partial charge is 0.0781 e. The largest absolute Gasteiger partial charge is 0.388 e. The van der Waals surface area contributed by atoms with Gasteiger partial charge in [0.05, 0.1) is 6.10 Å². The molecule has 1 N–H and O–H groups in total. The summed E-state index contributed by atoms with van der Waals surface area (Å²) in [6, 6.07) is 9.95. The molecule has 13 heavy (non-hydrogen) atoms. The molecule has 69 valence electrons. The van der Waals surface area contributed by atoms with Gasteiger partial charge in [0.15, 0.2) is 0 Å². The van der Waals surface area contributed by atoms with Gasteiger partial charge in [-0.3, -0.25) is 0 Å². The molecule has 0 amide bonds. The van der Waals surface area contributed by atoms with Crippen LogP contribution in [-0.4, -0.2) is 11.2 Å². The molecule has 1 unspecified atom stereocenters. The normalized spacial score (nSPS) is 13.8. The minimum absolute atomic E-state index is 0.430. The predicted octanol–water partition coefficient (Wildman–Crippen LogP) is 2.67. The number of aliphatic hydroxyl groups excluding tert-OH is 1. The van der Waals surface area contributed by atoms with Crippen LogP contribution in [0.15, 0.2) is 36.4 Å². The summed E-state index contributed by atoms with van der Waals surface area (Å²) in [6.45, 7) is 3.83. The summed E-state index contributed by atoms with van der Waals surface area (Å²) in [5.74, 6) is 1.01. The van der Waals surface area contributed by atoms with Crippen molar-refractivity contribution in [3.05, 3.63) is 47.9 Å². The maximum Gasteiger partial charge on any atom is 0.0781 e. The van der Waals surface area contributed by atoms with Crippen LogP contribution in [0.2, 0.25) is 0 Å². The van der Waals surface area contributed by atoms with E-state index in [1.54, 1.807) is 6.08 Å². The van der Waals surface area contributed by atoms with Crippen LogP contribution in [0.4, 0.5) is 0 Å². The molecule has 0 saturated heterocycles. The predicted molar refractivity (Wildman–Crippen MR) is 56.1 cm³/mol. The van der Waals surface area contributed by atoms with E-state index in [2.05, 4.69) is 0 Å². The highest BCUT2D eigenvalue weighted by Gasteiger charge is 2.03. The SMILES string of the molecule is C[C](C)C(O)C=Cc1ccccc1. The Hall–Kier alpha value is -1.08. The van der Waals surface area contributed by atoms with Crippen LogP contribution in [0, 0.1) is 5.92 Å². The highest BCUT2D eigenvalue weighted by Crippen LogP contribution is 2.08. The molecule has 1 aromatic carbocycles. The first kappa shape index (κ1) is 10.0. The van der Waals surface area contributed by atoms with E-state index in [4.69, 9.17) is 0 Å². The van der Waals surface area contributed by atoms with Crippen LogP contribution >= 0.6 is 0 Å². The van der Waals surface area contributed by atoms with Crippen molar-refractivity contribution in [2.24, 2.45) is 0 Å². The minimum atomic E-state index is -0.430. The zero-order chi connectivity index (χ0) is 9.68. The van der Waals surface area contributed by atoms with E-state index in [0.29, 0.717) is 0 Å². The molecular weight excluding hydrogens is 160 g/mol. The maximum absolute atomic E-state index is 9.46. The molecule has 1 aromatic rings. The fourth-order valence-electron chi connectivity index (χ4n) is 0.959. The van der Waals surface area contributed by atoms with Gasteiger partial charge < -0.3 is 5.11 Å². The first-order chi connectivity index (χ1) is 6.20. The molecule has 0 spiro atoms. The van der Waals surface area contributed by atoms with Crippen molar-refractivity contribution in [1.29, 1.82) is 0 Å². The minimum Gasteiger partial charge on any atom is -0.388 e. The molecule has 0 aromatic heterocycles. The van der Waals surface area contributed by atoms with Gasteiger partial charge in [-0.05, 0) is 5.56 Å². The topological polar surface area (TPSA) is 20.2 Å². The molecule has 1 heteroatoms. The molecule has 0 aliphatic rings. The van der Waals surface area contributed by atoms with E-state index in [-0.39, 0.29) is 0 Å². The van der Waals surface area contributed by atoms with Gasteiger partial charge in [0, 0.05) is 5.92 Å². The summed E-state index contributed by atoms with van der Waals surface area (Å²) < 4.78 is 0. The number of hydrogen-bond acceptors (Lipinski definition) is 1. The van der Waals surface area contributed by atoms with Crippen LogP contribution in [0.5, 0.6) is 0 Å². The zero-order valence-electron chi connectivity index (χ0n) is 8.07. The van der Waals surface area contributed by atoms with E-state index in [0.717, 1.165) is 11.5 Å². The number of hydrogen-bond donors (Lipinski definition) is 1. The summed E-state index contributed by atoms with van der Waals surface area (Å²) in [5, 5.41) is 9.46. The van der Waals surface area contributed by atoms with Gasteiger partial charge in [-0.2, -0.15) is 0 Å². The number of rotatable bonds is 3. The Morgan fingerprint density at radius 2 is 1.85 bits per heavy atom. The van der Waals surface area contributed by atoms with Crippen LogP contribution in [0.25, 0.3) is 6.08 Å². The van der Waals surface area contributed by atoms with Crippen molar-refractivity contribution in [3.8, 4) is 0 Å². The van der Waals surface area contributed by atoms with Crippen molar-refractivity contribution in [2.75, 3.05) is 0 Å². The van der Waals surface area contributed by atoms with Gasteiger partial charge >= 0.3 is 0 Å². The lowest BCUT2D eigenvalue weighted by atomic mass is 10.1. The van der Waals surface area contributed by atoms with Gasteiger partial charge in [-0.15, -0.1) is 0 Å². The summed E-state index contributed by atoms with van der Waals surface area (Å²) in [4.78, 5) is 0. The third-order valence-electron chi connectivity index (χ3n) is 1.86. The van der Waals surface area contributed by atoms with Gasteiger partial charge in [-0.1, -0.05) is 56.3 Å². The quantitative estimate of drug-likeness (QED) is 0.748. The van der Waals surface area contributed by atoms with Crippen molar-refractivity contribution in [1.82, 2.24) is 0 Å². The number of benzene rings is 1. The van der Waals surface area contributed by atoms with Crippen LogP contribution in [-0.2, 0) is 0 Å². The molecule has 1 nitrogen and oxygen atoms in total. The molecule has 1 atom stereocenters. The van der Waals surface area contributed by atoms with E-state index in [1.807, 2.05) is 50.3 Å². The molecule has 0 heterocycles. The van der Waals surface area contributed by atoms with E-state index in [9.17, 15) is 5.11 Å². The van der Waals surface area contributed by atoms with Gasteiger partial charge in [0.2, 0.25) is 0 Å². The lowest BCUT2D eigenvalue weighted by Crippen LogP contribution is -2.08. The van der Waals surface area contributed by atoms with Crippen LogP contribution in [0.1, 0.15) is 19.4 Å². The molecule has 0 aliphatic carbocycles. The summed E-state index contributed by atoms with van der Waals surface area (Å²) in [7, 11) is 0. The van der Waals surface area contributed by atoms with Crippen molar-refractivity contribution in [2.45, 2.75) is 20.0 Å². The second kappa shape index (κ2) is 4.83. The van der Waals surface area contributed by atoms with Crippen molar-refractivity contribution in [3.63, 3.8) is 0 Å². The average Bonchev–Trinajstić information content (AvgIpc) is 2.15. The molecule has 0 bridgehead atoms. The fourth-order valence-corrected chi connectivity index (χ4v) is 0.959. The lowest BCUT2D eigenvalue weighted by Gasteiger charge is -2.07. The Bertz CT molecular complexity index is 262. The standard InChI is InChI=1S/C12H15O/c1-10(2)12(13)9-8-11-6-4-3-5-7-11/h3-9,12-13H,1-2H3. The molecular formula is C12H15O. The Morgan fingerprint density at radius 3 is 2.38 bits per heavy atom. The first-order valence-electron chi connectivity index (χ1n) is 4.41. The van der Waals surface area contributed by atoms with Gasteiger partial charge in [-0.25, -0.2) is 0 Å². The summed E-state index contributed by atoms with van der Waals surface area (Å²) in [6.07, 6.45) is 3.29. The van der Waals surface area contributed by atoms with Crippen LogP contribution in [0.3, 0.4) is 0 Å². The third kappa shape index (κ3) is 3.43. The highest BCUT2D eigenvalue weighted by atomic mass is 16.3. The Kier molecular flexibility index (Phi) is 3.71. The Labute approximate surface area is 79.7 Å². The van der Waals surface area contributed by atoms with E-state index >= 15 is 0 Å². The average molecular weight is 175 g/mol. The molecule has 0 saturated carbocycles. The van der Waals surface area contributed by atoms with Crippen molar-refractivity contribution >= 4 is 6.08 Å². The Morgan fingerprint density at radius 1 is 1.23 bits per heavy atom. The second-order valence-electron chi connectivity index (χ2n) is 3.29. The zero-order valence-corrected chi connectivity index (χ0v) is 8.07. The van der Waals surface area contributed by atoms with E-state index in [1.165, 1.54) is 0 Å². The molecule has 1 rings (SSSR count). The maximum atomic E-state index is 9.46. The summed E-state index contributed by atoms with van der Waals surface area (Å²) >= 11 is 0. The molecule has 1 radical (unpaired) electrons. The number of aliphatic hydroxyl groups is 1. The second-order valence-corrected chi connectivity index (χ2v) is 3.29. The highest BCUT2D eigenvalue weighted by molar-refractivity contribution is 5.49. The Balaban J connectivity index is 2.59. The van der Waals surface area contributed by atoms with E-state index < -0.39 is 6.10 Å². The fraction of sp³-hybridized carbons (Fsp3) is 0.250. The van der Waals surface area contributed by atoms with Crippen LogP contribution < -0.4 is 0 Å². The van der Waals surface area contributed by atoms with Crippen molar-refractivity contribution < 1.29 is 5.11 Å². The molecule has 0 aliphatic heterocycles. The third-order valence-corrected chi connectivity index (χ3v) is 1.86. The monoisotopic (exact) mass is 175 g/mol. The first-order valence-corrected chi connectivity index (χ1v) is 4.41. The lowest BCUT2D eigenvalue weighted by molar-refractivity contribution is 0.238. The van der Waals surface area contributed by atoms with Gasteiger partial charge in [0.1, 0.15) is 0 Å². The molecule has 0 fully saturated rings. The summed E-state index contributed by atoms with van der Waals surface area (Å²) in [5.41, 5.74) is 1.11. The van der Waals surface area contributed by atoms with Gasteiger partial charge in [0.25, 0.3) is 0 Å².